The number of nitrogens with one attached hydrogen (secondary N) is 2. The zero-order chi connectivity index (χ0) is 20.4. The number of hydrogen-bond acceptors (Lipinski definition) is 7. The van der Waals surface area contributed by atoms with Gasteiger partial charge in [0.25, 0.3) is 11.5 Å². The predicted octanol–water partition coefficient (Wildman–Crippen LogP) is 1.88. The van der Waals surface area contributed by atoms with Crippen LogP contribution in [-0.4, -0.2) is 41.4 Å². The molecule has 1 atom stereocenters. The molecule has 1 aliphatic heterocycles. The summed E-state index contributed by atoms with van der Waals surface area (Å²) >= 11 is 0. The van der Waals surface area contributed by atoms with Gasteiger partial charge in [0.2, 0.25) is 0 Å². The van der Waals surface area contributed by atoms with Crippen LogP contribution >= 0.6 is 0 Å². The molecule has 2 N–H and O–H groups in total. The fourth-order valence-electron chi connectivity index (χ4n) is 2.91. The van der Waals surface area contributed by atoms with Crippen molar-refractivity contribution in [2.75, 3.05) is 18.5 Å². The van der Waals surface area contributed by atoms with Gasteiger partial charge in [0.15, 0.2) is 23.3 Å². The van der Waals surface area contributed by atoms with E-state index in [1.807, 2.05) is 0 Å². The molecular weight excluding hydrogens is 378 g/mol. The van der Waals surface area contributed by atoms with Gasteiger partial charge in [-0.05, 0) is 25.1 Å². The summed E-state index contributed by atoms with van der Waals surface area (Å²) in [6.45, 7) is 2.34. The number of amides is 1. The highest BCUT2D eigenvalue weighted by Gasteiger charge is 2.23. The molecule has 9 nitrogen and oxygen atoms in total. The fraction of sp³-hybridized carbons (Fsp3) is 0.200. The molecule has 0 radical (unpaired) electrons. The predicted molar refractivity (Wildman–Crippen MR) is 103 cm³/mol. The lowest BCUT2D eigenvalue weighted by Gasteiger charge is -2.19. The standard InChI is InChI=1S/C20H17N3O6/c1-11(18(24)21-12-6-7-15-16(10-12)28-9-8-27-15)29-20(26)17-13-4-2-3-5-14(13)19(25)23-22-17/h2-7,10-11H,8-9H2,1H3,(H,21,24)(H,23,25). The zero-order valence-electron chi connectivity index (χ0n) is 15.4. The topological polar surface area (TPSA) is 120 Å². The van der Waals surface area contributed by atoms with Crippen LogP contribution in [-0.2, 0) is 9.53 Å². The number of nitrogens with zero attached hydrogens (tertiary/aromatic N) is 1. The number of fused-ring (bicyclic) bond motifs is 2. The van der Waals surface area contributed by atoms with Gasteiger partial charge in [-0.25, -0.2) is 9.89 Å². The zero-order valence-corrected chi connectivity index (χ0v) is 15.4. The monoisotopic (exact) mass is 395 g/mol. The molecule has 1 aromatic heterocycles. The second-order valence-corrected chi connectivity index (χ2v) is 6.34. The molecule has 0 spiro atoms. The minimum Gasteiger partial charge on any atom is -0.486 e. The first-order chi connectivity index (χ1) is 14.0. The number of benzene rings is 2. The van der Waals surface area contributed by atoms with Gasteiger partial charge in [-0.1, -0.05) is 18.2 Å². The van der Waals surface area contributed by atoms with E-state index in [-0.39, 0.29) is 5.69 Å². The Morgan fingerprint density at radius 2 is 1.83 bits per heavy atom. The van der Waals surface area contributed by atoms with Gasteiger partial charge in [-0.2, -0.15) is 5.10 Å². The van der Waals surface area contributed by atoms with Crippen molar-refractivity contribution in [1.82, 2.24) is 10.2 Å². The SMILES string of the molecule is CC(OC(=O)c1n[nH]c(=O)c2ccccc12)C(=O)Nc1ccc2c(c1)OCCO2. The van der Waals surface area contributed by atoms with Crippen LogP contribution in [0.5, 0.6) is 11.5 Å². The van der Waals surface area contributed by atoms with Crippen molar-refractivity contribution in [3.8, 4) is 11.5 Å². The van der Waals surface area contributed by atoms with E-state index in [9.17, 15) is 14.4 Å². The quantitative estimate of drug-likeness (QED) is 0.647. The summed E-state index contributed by atoms with van der Waals surface area (Å²) in [6.07, 6.45) is -1.09. The van der Waals surface area contributed by atoms with Crippen LogP contribution in [0.1, 0.15) is 17.4 Å². The summed E-state index contributed by atoms with van der Waals surface area (Å²) in [6, 6.07) is 11.5. The van der Waals surface area contributed by atoms with Crippen LogP contribution in [0.2, 0.25) is 0 Å². The van der Waals surface area contributed by atoms with Gasteiger partial charge in [-0.15, -0.1) is 0 Å². The minimum atomic E-state index is -1.09. The molecule has 0 saturated carbocycles. The average molecular weight is 395 g/mol. The van der Waals surface area contributed by atoms with Crippen molar-refractivity contribution in [1.29, 1.82) is 0 Å². The Hall–Kier alpha value is -3.88. The Balaban J connectivity index is 1.47. The van der Waals surface area contributed by atoms with E-state index in [0.717, 1.165) is 0 Å². The molecule has 1 aliphatic rings. The number of carbonyl (C=O) groups excluding carboxylic acids is 2. The molecule has 3 aromatic rings. The van der Waals surface area contributed by atoms with E-state index < -0.39 is 23.5 Å². The van der Waals surface area contributed by atoms with Crippen LogP contribution in [0.4, 0.5) is 5.69 Å². The van der Waals surface area contributed by atoms with E-state index in [1.54, 1.807) is 42.5 Å². The third kappa shape index (κ3) is 3.75. The second-order valence-electron chi connectivity index (χ2n) is 6.34. The van der Waals surface area contributed by atoms with E-state index >= 15 is 0 Å². The Labute approximate surface area is 164 Å². The number of aromatic amines is 1. The molecule has 0 aliphatic carbocycles. The number of H-pyrrole nitrogens is 1. The molecule has 4 rings (SSSR count). The molecule has 0 bridgehead atoms. The molecule has 29 heavy (non-hydrogen) atoms. The van der Waals surface area contributed by atoms with E-state index in [4.69, 9.17) is 14.2 Å². The van der Waals surface area contributed by atoms with Crippen molar-refractivity contribution in [2.45, 2.75) is 13.0 Å². The number of esters is 1. The van der Waals surface area contributed by atoms with Crippen LogP contribution < -0.4 is 20.3 Å². The lowest BCUT2D eigenvalue weighted by atomic mass is 10.1. The number of ether oxygens (including phenoxy) is 3. The van der Waals surface area contributed by atoms with Gasteiger partial charge in [0.05, 0.1) is 5.39 Å². The number of aromatic nitrogens is 2. The molecule has 0 saturated heterocycles. The van der Waals surface area contributed by atoms with Gasteiger partial charge >= 0.3 is 5.97 Å². The molecular formula is C20H17N3O6. The van der Waals surface area contributed by atoms with Crippen molar-refractivity contribution in [3.05, 3.63) is 58.5 Å². The molecule has 0 fully saturated rings. The van der Waals surface area contributed by atoms with E-state index in [2.05, 4.69) is 15.5 Å². The van der Waals surface area contributed by atoms with Crippen molar-refractivity contribution in [3.63, 3.8) is 0 Å². The van der Waals surface area contributed by atoms with E-state index in [1.165, 1.54) is 6.92 Å². The molecule has 2 aromatic carbocycles. The first-order valence-electron chi connectivity index (χ1n) is 8.92. The maximum atomic E-state index is 12.5. The number of hydrogen-bond donors (Lipinski definition) is 2. The largest absolute Gasteiger partial charge is 0.486 e. The first kappa shape index (κ1) is 18.5. The highest BCUT2D eigenvalue weighted by atomic mass is 16.6. The Kier molecular flexibility index (Phi) is 4.86. The third-order valence-electron chi connectivity index (χ3n) is 4.35. The normalized spacial score (nSPS) is 13.6. The van der Waals surface area contributed by atoms with Crippen LogP contribution in [0.25, 0.3) is 10.8 Å². The third-order valence-corrected chi connectivity index (χ3v) is 4.35. The van der Waals surface area contributed by atoms with Gasteiger partial charge in [-0.3, -0.25) is 9.59 Å². The van der Waals surface area contributed by atoms with Crippen LogP contribution in [0, 0.1) is 0 Å². The summed E-state index contributed by atoms with van der Waals surface area (Å²) in [5, 5.41) is 9.36. The smallest absolute Gasteiger partial charge is 0.360 e. The second kappa shape index (κ2) is 7.63. The fourth-order valence-corrected chi connectivity index (χ4v) is 2.91. The Morgan fingerprint density at radius 1 is 1.10 bits per heavy atom. The van der Waals surface area contributed by atoms with Crippen molar-refractivity contribution >= 4 is 28.3 Å². The van der Waals surface area contributed by atoms with Crippen molar-refractivity contribution in [2.24, 2.45) is 0 Å². The molecule has 1 unspecified atom stereocenters. The maximum Gasteiger partial charge on any atom is 0.360 e. The van der Waals surface area contributed by atoms with Gasteiger partial charge < -0.3 is 19.5 Å². The van der Waals surface area contributed by atoms with Crippen molar-refractivity contribution < 1.29 is 23.8 Å². The summed E-state index contributed by atoms with van der Waals surface area (Å²) in [5.74, 6) is -0.210. The van der Waals surface area contributed by atoms with Gasteiger partial charge in [0.1, 0.15) is 13.2 Å². The summed E-state index contributed by atoms with van der Waals surface area (Å²) in [4.78, 5) is 36.8. The average Bonchev–Trinajstić information content (AvgIpc) is 2.74. The summed E-state index contributed by atoms with van der Waals surface area (Å²) in [7, 11) is 0. The summed E-state index contributed by atoms with van der Waals surface area (Å²) < 4.78 is 16.2. The van der Waals surface area contributed by atoms with E-state index in [0.29, 0.717) is 41.2 Å². The Bertz CT molecular complexity index is 1160. The van der Waals surface area contributed by atoms with Gasteiger partial charge in [0, 0.05) is 17.1 Å². The molecule has 1 amide bonds. The first-order valence-corrected chi connectivity index (χ1v) is 8.92. The lowest BCUT2D eigenvalue weighted by Crippen LogP contribution is -2.30. The van der Waals surface area contributed by atoms with Crippen LogP contribution in [0.15, 0.2) is 47.3 Å². The number of anilines is 1. The summed E-state index contributed by atoms with van der Waals surface area (Å²) in [5.41, 5.74) is -0.00417. The van der Waals surface area contributed by atoms with Crippen LogP contribution in [0.3, 0.4) is 0 Å². The highest BCUT2D eigenvalue weighted by molar-refractivity contribution is 6.03. The molecule has 2 heterocycles. The maximum absolute atomic E-state index is 12.5. The molecule has 9 heteroatoms. The molecule has 148 valence electrons. The highest BCUT2D eigenvalue weighted by Crippen LogP contribution is 2.32. The number of rotatable bonds is 4. The number of carbonyl (C=O) groups is 2. The lowest BCUT2D eigenvalue weighted by molar-refractivity contribution is -0.123. The Morgan fingerprint density at radius 3 is 2.62 bits per heavy atom. The minimum absolute atomic E-state index is 0.0702.